The molecule has 5 rings (SSSR count). The Bertz CT molecular complexity index is 1380. The summed E-state index contributed by atoms with van der Waals surface area (Å²) >= 11 is 0. The van der Waals surface area contributed by atoms with Crippen LogP contribution in [0, 0.1) is 25.6 Å². The van der Waals surface area contributed by atoms with Crippen molar-refractivity contribution in [3.05, 3.63) is 82.2 Å². The van der Waals surface area contributed by atoms with Gasteiger partial charge in [0.2, 0.25) is 0 Å². The van der Waals surface area contributed by atoms with Crippen molar-refractivity contribution < 1.29 is 33.2 Å². The number of hydrogen-bond acceptors (Lipinski definition) is 6. The van der Waals surface area contributed by atoms with E-state index < -0.39 is 11.7 Å². The topological polar surface area (TPSA) is 74.2 Å². The SMILES string of the molecule is CCOC(=O)[C@H]1C[C@@H]1c1ccc(O[C@@H]2CCc3c(Oc4cc(C)c(OCCC(C)(C)O)c(C)c4)ccc(F)c32)cc1. The first-order valence-corrected chi connectivity index (χ1v) is 14.4. The quantitative estimate of drug-likeness (QED) is 0.244. The molecule has 3 aromatic rings. The molecule has 7 heteroatoms. The van der Waals surface area contributed by atoms with E-state index in [9.17, 15) is 9.90 Å². The minimum atomic E-state index is -0.787. The molecule has 3 aromatic carbocycles. The second kappa shape index (κ2) is 11.7. The lowest BCUT2D eigenvalue weighted by Gasteiger charge is -2.20. The number of carbonyl (C=O) groups is 1. The van der Waals surface area contributed by atoms with Crippen LogP contribution in [0.4, 0.5) is 4.39 Å². The number of esters is 1. The van der Waals surface area contributed by atoms with Gasteiger partial charge in [-0.05, 0) is 113 Å². The predicted octanol–water partition coefficient (Wildman–Crippen LogP) is 7.51. The van der Waals surface area contributed by atoms with Crippen LogP contribution in [0.3, 0.4) is 0 Å². The van der Waals surface area contributed by atoms with E-state index >= 15 is 4.39 Å². The number of aliphatic hydroxyl groups is 1. The Morgan fingerprint density at radius 2 is 1.76 bits per heavy atom. The highest BCUT2D eigenvalue weighted by Gasteiger charge is 2.45. The van der Waals surface area contributed by atoms with Crippen molar-refractivity contribution in [3.63, 3.8) is 0 Å². The molecule has 0 unspecified atom stereocenters. The lowest BCUT2D eigenvalue weighted by atomic mass is 10.1. The van der Waals surface area contributed by atoms with E-state index in [1.165, 1.54) is 6.07 Å². The van der Waals surface area contributed by atoms with Crippen LogP contribution in [0.5, 0.6) is 23.0 Å². The summed E-state index contributed by atoms with van der Waals surface area (Å²) in [6.07, 6.45) is 2.20. The molecular weight excluding hydrogens is 523 g/mol. The van der Waals surface area contributed by atoms with Gasteiger partial charge < -0.3 is 24.1 Å². The molecule has 41 heavy (non-hydrogen) atoms. The largest absolute Gasteiger partial charge is 0.493 e. The third kappa shape index (κ3) is 6.67. The standard InChI is InChI=1S/C34H39FO6/c1-6-38-33(36)27-19-26(27)22-7-9-23(10-8-22)40-30-13-11-25-29(14-12-28(35)31(25)30)41-24-17-20(2)32(21(3)18-24)39-16-15-34(4,5)37/h7-10,12,14,17-18,26-27,30,37H,6,11,13,15-16,19H2,1-5H3/t26-,27+,30-/m1/s1. The Hall–Kier alpha value is -3.58. The number of aryl methyl sites for hydroxylation is 2. The van der Waals surface area contributed by atoms with Crippen LogP contribution in [0.2, 0.25) is 0 Å². The van der Waals surface area contributed by atoms with Gasteiger partial charge in [0, 0.05) is 17.5 Å². The van der Waals surface area contributed by atoms with Crippen LogP contribution in [-0.2, 0) is 16.0 Å². The fraction of sp³-hybridized carbons (Fsp3) is 0.441. The van der Waals surface area contributed by atoms with E-state index in [4.69, 9.17) is 18.9 Å². The summed E-state index contributed by atoms with van der Waals surface area (Å²) in [5, 5.41) is 9.96. The van der Waals surface area contributed by atoms with Crippen LogP contribution in [0.1, 0.15) is 79.9 Å². The van der Waals surface area contributed by atoms with Crippen LogP contribution >= 0.6 is 0 Å². The lowest BCUT2D eigenvalue weighted by Crippen LogP contribution is -2.22. The number of ether oxygens (including phenoxy) is 4. The summed E-state index contributed by atoms with van der Waals surface area (Å²) in [4.78, 5) is 12.0. The van der Waals surface area contributed by atoms with Crippen molar-refractivity contribution in [3.8, 4) is 23.0 Å². The second-order valence-electron chi connectivity index (χ2n) is 11.8. The van der Waals surface area contributed by atoms with Gasteiger partial charge >= 0.3 is 5.97 Å². The molecule has 1 fully saturated rings. The van der Waals surface area contributed by atoms with Crippen molar-refractivity contribution in [2.45, 2.75) is 77.9 Å². The average molecular weight is 563 g/mol. The molecule has 0 aromatic heterocycles. The van der Waals surface area contributed by atoms with Crippen LogP contribution in [0.15, 0.2) is 48.5 Å². The van der Waals surface area contributed by atoms with Crippen molar-refractivity contribution in [1.82, 2.24) is 0 Å². The summed E-state index contributed by atoms with van der Waals surface area (Å²) in [6, 6.07) is 14.7. The molecule has 0 bridgehead atoms. The highest BCUT2D eigenvalue weighted by molar-refractivity contribution is 5.77. The number of benzene rings is 3. The fourth-order valence-corrected chi connectivity index (χ4v) is 5.61. The first-order chi connectivity index (χ1) is 19.5. The maximum absolute atomic E-state index is 15.1. The Kier molecular flexibility index (Phi) is 8.28. The van der Waals surface area contributed by atoms with Crippen molar-refractivity contribution in [2.75, 3.05) is 13.2 Å². The number of rotatable bonds is 11. The molecule has 1 N–H and O–H groups in total. The predicted molar refractivity (Wildman–Crippen MR) is 154 cm³/mol. The highest BCUT2D eigenvalue weighted by atomic mass is 19.1. The maximum atomic E-state index is 15.1. The third-order valence-corrected chi connectivity index (χ3v) is 7.83. The normalized spacial score (nSPS) is 19.4. The van der Waals surface area contributed by atoms with Gasteiger partial charge in [-0.1, -0.05) is 12.1 Å². The Labute approximate surface area is 241 Å². The summed E-state index contributed by atoms with van der Waals surface area (Å²) < 4.78 is 38.7. The van der Waals surface area contributed by atoms with Gasteiger partial charge in [0.05, 0.1) is 24.7 Å². The maximum Gasteiger partial charge on any atom is 0.309 e. The van der Waals surface area contributed by atoms with Gasteiger partial charge in [-0.2, -0.15) is 0 Å². The molecule has 218 valence electrons. The zero-order valence-corrected chi connectivity index (χ0v) is 24.5. The first-order valence-electron chi connectivity index (χ1n) is 14.4. The van der Waals surface area contributed by atoms with E-state index in [1.807, 2.05) is 57.2 Å². The highest BCUT2D eigenvalue weighted by Crippen LogP contribution is 2.49. The molecule has 2 aliphatic carbocycles. The summed E-state index contributed by atoms with van der Waals surface area (Å²) in [6.45, 7) is 10.1. The molecule has 2 aliphatic rings. The molecule has 0 radical (unpaired) electrons. The minimum absolute atomic E-state index is 0.0640. The molecule has 6 nitrogen and oxygen atoms in total. The van der Waals surface area contributed by atoms with Gasteiger partial charge in [0.15, 0.2) is 0 Å². The molecular formula is C34H39FO6. The van der Waals surface area contributed by atoms with Gasteiger partial charge in [0.25, 0.3) is 0 Å². The summed E-state index contributed by atoms with van der Waals surface area (Å²) in [5.74, 6) is 2.41. The fourth-order valence-electron chi connectivity index (χ4n) is 5.61. The van der Waals surface area contributed by atoms with Gasteiger partial charge in [-0.3, -0.25) is 4.79 Å². The van der Waals surface area contributed by atoms with E-state index in [1.54, 1.807) is 19.9 Å². The van der Waals surface area contributed by atoms with Crippen LogP contribution < -0.4 is 14.2 Å². The zero-order valence-electron chi connectivity index (χ0n) is 24.5. The molecule has 0 spiro atoms. The zero-order chi connectivity index (χ0) is 29.3. The Balaban J connectivity index is 1.26. The van der Waals surface area contributed by atoms with Gasteiger partial charge in [-0.25, -0.2) is 4.39 Å². The number of carbonyl (C=O) groups excluding carboxylic acids is 1. The van der Waals surface area contributed by atoms with Crippen molar-refractivity contribution in [2.24, 2.45) is 5.92 Å². The molecule has 1 saturated carbocycles. The van der Waals surface area contributed by atoms with Crippen molar-refractivity contribution in [1.29, 1.82) is 0 Å². The first kappa shape index (κ1) is 28.9. The molecule has 0 amide bonds. The third-order valence-electron chi connectivity index (χ3n) is 7.83. The number of hydrogen-bond donors (Lipinski definition) is 1. The minimum Gasteiger partial charge on any atom is -0.493 e. The Morgan fingerprint density at radius 3 is 2.41 bits per heavy atom. The van der Waals surface area contributed by atoms with Crippen LogP contribution in [0.25, 0.3) is 0 Å². The average Bonchev–Trinajstić information content (AvgIpc) is 3.60. The number of fused-ring (bicyclic) bond motifs is 1. The molecule has 0 heterocycles. The van der Waals surface area contributed by atoms with E-state index in [0.29, 0.717) is 55.3 Å². The molecule has 0 aliphatic heterocycles. The Morgan fingerprint density at radius 1 is 1.05 bits per heavy atom. The van der Waals surface area contributed by atoms with Gasteiger partial charge in [-0.15, -0.1) is 0 Å². The lowest BCUT2D eigenvalue weighted by molar-refractivity contribution is -0.144. The molecule has 0 saturated heterocycles. The van der Waals surface area contributed by atoms with E-state index in [-0.39, 0.29) is 23.6 Å². The smallest absolute Gasteiger partial charge is 0.309 e. The van der Waals surface area contributed by atoms with E-state index in [0.717, 1.165) is 34.4 Å². The monoisotopic (exact) mass is 562 g/mol. The summed E-state index contributed by atoms with van der Waals surface area (Å²) in [7, 11) is 0. The van der Waals surface area contributed by atoms with E-state index in [2.05, 4.69) is 0 Å². The van der Waals surface area contributed by atoms with Gasteiger partial charge in [0.1, 0.15) is 34.9 Å². The second-order valence-corrected chi connectivity index (χ2v) is 11.8. The van der Waals surface area contributed by atoms with Crippen molar-refractivity contribution >= 4 is 5.97 Å². The molecule has 3 atom stereocenters. The van der Waals surface area contributed by atoms with Crippen LogP contribution in [-0.4, -0.2) is 29.9 Å². The number of halogens is 1. The summed E-state index contributed by atoms with van der Waals surface area (Å²) in [5.41, 5.74) is 3.52.